The number of rotatable bonds is 9. The molecule has 218 valence electrons. The van der Waals surface area contributed by atoms with Gasteiger partial charge in [-0.05, 0) is 44.2 Å². The highest BCUT2D eigenvalue weighted by atomic mass is 35.5. The second kappa shape index (κ2) is 16.6. The number of nitrogens with zero attached hydrogens (tertiary/aromatic N) is 4. The lowest BCUT2D eigenvalue weighted by Gasteiger charge is -2.30. The lowest BCUT2D eigenvalue weighted by molar-refractivity contribution is -0.143. The number of carbonyl (C=O) groups excluding carboxylic acids is 4. The molecule has 0 spiro atoms. The van der Waals surface area contributed by atoms with Gasteiger partial charge in [0, 0.05) is 50.5 Å². The molecule has 2 saturated heterocycles. The van der Waals surface area contributed by atoms with Crippen LogP contribution in [-0.4, -0.2) is 98.6 Å². The van der Waals surface area contributed by atoms with Crippen molar-refractivity contribution in [2.45, 2.75) is 32.2 Å². The number of nitrogens with one attached hydrogen (secondary N) is 2. The highest BCUT2D eigenvalue weighted by Gasteiger charge is 2.33. The zero-order chi connectivity index (χ0) is 26.8. The van der Waals surface area contributed by atoms with Gasteiger partial charge < -0.3 is 35.8 Å². The number of nitrogens with two attached hydrogens (primary N) is 1. The topological polar surface area (TPSA) is 159 Å². The Balaban J connectivity index is 0.00000380. The molecule has 1 atom stereocenters. The van der Waals surface area contributed by atoms with Crippen LogP contribution >= 0.6 is 24.8 Å². The molecule has 4 amide bonds. The molecule has 0 unspecified atom stereocenters. The van der Waals surface area contributed by atoms with Crippen molar-refractivity contribution in [2.24, 2.45) is 10.9 Å². The summed E-state index contributed by atoms with van der Waals surface area (Å²) in [5.41, 5.74) is 7.14. The summed E-state index contributed by atoms with van der Waals surface area (Å²) in [5.74, 6) is -0.586. The maximum atomic E-state index is 12.8. The zero-order valence-electron chi connectivity index (χ0n) is 22.1. The van der Waals surface area contributed by atoms with Gasteiger partial charge in [0.25, 0.3) is 0 Å². The van der Waals surface area contributed by atoms with Gasteiger partial charge >= 0.3 is 18.1 Å². The van der Waals surface area contributed by atoms with Crippen LogP contribution < -0.4 is 21.3 Å². The number of anilines is 1. The summed E-state index contributed by atoms with van der Waals surface area (Å²) in [4.78, 5) is 58.8. The van der Waals surface area contributed by atoms with Crippen molar-refractivity contribution in [3.05, 3.63) is 29.8 Å². The van der Waals surface area contributed by atoms with Crippen molar-refractivity contribution in [3.63, 3.8) is 0 Å². The zero-order valence-corrected chi connectivity index (χ0v) is 23.7. The van der Waals surface area contributed by atoms with E-state index in [4.69, 9.17) is 15.3 Å². The molecule has 13 nitrogen and oxygen atoms in total. The number of oxime groups is 1. The number of likely N-dealkylation sites (N-methyl/N-ethyl adjacent to an activating group) is 1. The van der Waals surface area contributed by atoms with Crippen molar-refractivity contribution in [3.8, 4) is 0 Å². The first-order valence-electron chi connectivity index (χ1n) is 12.4. The first-order chi connectivity index (χ1) is 17.8. The van der Waals surface area contributed by atoms with Crippen LogP contribution in [0, 0.1) is 0 Å². The Morgan fingerprint density at radius 1 is 1.08 bits per heavy atom. The average Bonchev–Trinajstić information content (AvgIpc) is 3.25. The van der Waals surface area contributed by atoms with E-state index in [0.29, 0.717) is 43.9 Å². The van der Waals surface area contributed by atoms with Crippen molar-refractivity contribution < 1.29 is 28.8 Å². The average molecular weight is 591 g/mol. The molecular weight excluding hydrogens is 553 g/mol. The minimum Gasteiger partial charge on any atom is -0.466 e. The Morgan fingerprint density at radius 2 is 1.74 bits per heavy atom. The van der Waals surface area contributed by atoms with E-state index in [1.807, 2.05) is 14.0 Å². The Morgan fingerprint density at radius 3 is 2.38 bits per heavy atom. The third kappa shape index (κ3) is 10.1. The number of ether oxygens (including phenoxy) is 1. The fourth-order valence-electron chi connectivity index (χ4n) is 3.85. The number of amides is 4. The first kappa shape index (κ1) is 33.7. The molecule has 2 fully saturated rings. The van der Waals surface area contributed by atoms with Gasteiger partial charge in [0.1, 0.15) is 6.04 Å². The number of piperazine rings is 1. The molecule has 0 saturated carbocycles. The Hall–Kier alpha value is -3.29. The van der Waals surface area contributed by atoms with Crippen LogP contribution in [0.3, 0.4) is 0 Å². The number of amidine groups is 1. The van der Waals surface area contributed by atoms with E-state index in [0.717, 1.165) is 19.5 Å². The van der Waals surface area contributed by atoms with E-state index in [-0.39, 0.29) is 55.5 Å². The molecule has 0 radical (unpaired) electrons. The molecule has 39 heavy (non-hydrogen) atoms. The van der Waals surface area contributed by atoms with Crippen molar-refractivity contribution in [1.82, 2.24) is 20.4 Å². The molecule has 1 aromatic rings. The molecular formula is C24H37Cl2N7O6. The molecule has 0 aromatic heterocycles. The fourth-order valence-corrected chi connectivity index (χ4v) is 3.85. The second-order valence-corrected chi connectivity index (χ2v) is 8.87. The van der Waals surface area contributed by atoms with Crippen molar-refractivity contribution in [1.29, 1.82) is 0 Å². The van der Waals surface area contributed by atoms with E-state index in [1.54, 1.807) is 34.1 Å². The minimum atomic E-state index is -0.674. The van der Waals surface area contributed by atoms with Gasteiger partial charge in [0.15, 0.2) is 5.84 Å². The molecule has 4 N–H and O–H groups in total. The lowest BCUT2D eigenvalue weighted by Crippen LogP contribution is -2.47. The summed E-state index contributed by atoms with van der Waals surface area (Å²) >= 11 is 0. The maximum absolute atomic E-state index is 12.8. The van der Waals surface area contributed by atoms with Crippen LogP contribution in [0.4, 0.5) is 15.3 Å². The number of hydrogen-bond donors (Lipinski definition) is 3. The van der Waals surface area contributed by atoms with Gasteiger partial charge in [-0.25, -0.2) is 9.59 Å². The molecule has 0 bridgehead atoms. The number of urea groups is 1. The van der Waals surface area contributed by atoms with Crippen molar-refractivity contribution in [2.75, 3.05) is 57.8 Å². The van der Waals surface area contributed by atoms with Gasteiger partial charge in [-0.3, -0.25) is 14.4 Å². The monoisotopic (exact) mass is 589 g/mol. The van der Waals surface area contributed by atoms with Crippen LogP contribution in [0.1, 0.15) is 31.7 Å². The predicted molar refractivity (Wildman–Crippen MR) is 150 cm³/mol. The van der Waals surface area contributed by atoms with E-state index < -0.39 is 18.2 Å². The lowest BCUT2D eigenvalue weighted by atomic mass is 10.2. The van der Waals surface area contributed by atoms with Crippen LogP contribution in [-0.2, 0) is 19.2 Å². The molecule has 1 aromatic carbocycles. The fraction of sp³-hybridized carbons (Fsp3) is 0.542. The van der Waals surface area contributed by atoms with E-state index in [2.05, 4.69) is 20.7 Å². The Kier molecular flexibility index (Phi) is 14.4. The number of benzene rings is 1. The molecule has 15 heteroatoms. The van der Waals surface area contributed by atoms with Gasteiger partial charge in [-0.15, -0.1) is 24.8 Å². The third-order valence-corrected chi connectivity index (χ3v) is 6.05. The molecule has 2 aliphatic heterocycles. The summed E-state index contributed by atoms with van der Waals surface area (Å²) in [6, 6.07) is 5.58. The summed E-state index contributed by atoms with van der Waals surface area (Å²) in [6.07, 6.45) is 0.690. The quantitative estimate of drug-likeness (QED) is 0.128. The summed E-state index contributed by atoms with van der Waals surface area (Å²) in [6.45, 7) is 5.45. The summed E-state index contributed by atoms with van der Waals surface area (Å²) in [7, 11) is 1.99. The van der Waals surface area contributed by atoms with Gasteiger partial charge in [0.2, 0.25) is 5.91 Å². The van der Waals surface area contributed by atoms with Gasteiger partial charge in [-0.1, -0.05) is 12.1 Å². The van der Waals surface area contributed by atoms with Gasteiger partial charge in [0.05, 0.1) is 13.0 Å². The third-order valence-electron chi connectivity index (χ3n) is 6.05. The molecule has 2 aliphatic rings. The standard InChI is InChI=1S/C24H35N7O6.2ClH/c1-3-16-36-20(32)8-10-26-23(34)27-19-9-11-31(22(19)33)18-6-4-17(5-7-18)21(25)28-37-24(35)30-14-12-29(2)13-15-30;;/h4-7,19H,3,8-16H2,1-2H3,(H2,25,28)(H2,26,27,34);2*1H/t19-;;/m0../s1. The minimum absolute atomic E-state index is 0. The number of halogens is 2. The van der Waals surface area contributed by atoms with E-state index in [9.17, 15) is 19.2 Å². The van der Waals surface area contributed by atoms with Crippen LogP contribution in [0.2, 0.25) is 0 Å². The highest BCUT2D eigenvalue weighted by Crippen LogP contribution is 2.22. The van der Waals surface area contributed by atoms with Gasteiger partial charge in [-0.2, -0.15) is 0 Å². The molecule has 2 heterocycles. The van der Waals surface area contributed by atoms with Crippen molar-refractivity contribution >= 4 is 60.3 Å². The molecule has 3 rings (SSSR count). The van der Waals surface area contributed by atoms with E-state index in [1.165, 1.54) is 0 Å². The number of hydrogen-bond acceptors (Lipinski definition) is 8. The van der Waals surface area contributed by atoms with Crippen LogP contribution in [0.25, 0.3) is 0 Å². The van der Waals surface area contributed by atoms with Crippen LogP contribution in [0.15, 0.2) is 29.4 Å². The maximum Gasteiger partial charge on any atom is 0.436 e. The number of esters is 1. The highest BCUT2D eigenvalue weighted by molar-refractivity contribution is 6.02. The normalized spacial score (nSPS) is 17.5. The largest absolute Gasteiger partial charge is 0.466 e. The van der Waals surface area contributed by atoms with Crippen LogP contribution in [0.5, 0.6) is 0 Å². The first-order valence-corrected chi connectivity index (χ1v) is 12.4. The second-order valence-electron chi connectivity index (χ2n) is 8.87. The smallest absolute Gasteiger partial charge is 0.436 e. The Labute approximate surface area is 240 Å². The summed E-state index contributed by atoms with van der Waals surface area (Å²) < 4.78 is 4.95. The predicted octanol–water partition coefficient (Wildman–Crippen LogP) is 1.28. The molecule has 0 aliphatic carbocycles. The van der Waals surface area contributed by atoms with E-state index >= 15 is 0 Å². The Bertz CT molecular complexity index is 1000. The number of carbonyl (C=O) groups is 4. The summed E-state index contributed by atoms with van der Waals surface area (Å²) in [5, 5.41) is 8.96. The SMILES string of the molecule is CCCOC(=O)CCNC(=O)N[C@H]1CCN(c2ccc(/C(N)=N/OC(=O)N3CCN(C)CC3)cc2)C1=O.Cl.Cl.